The van der Waals surface area contributed by atoms with Gasteiger partial charge in [-0.1, -0.05) is 55.4 Å². The Kier molecular flexibility index (Phi) is 6.29. The molecule has 0 fully saturated rings. The van der Waals surface area contributed by atoms with E-state index in [0.29, 0.717) is 29.1 Å². The van der Waals surface area contributed by atoms with E-state index < -0.39 is 5.25 Å². The monoisotopic (exact) mass is 382 g/mol. The zero-order chi connectivity index (χ0) is 19.2. The highest BCUT2D eigenvalue weighted by atomic mass is 32.2. The fourth-order valence-corrected chi connectivity index (χ4v) is 4.06. The van der Waals surface area contributed by atoms with Crippen LogP contribution in [0.15, 0.2) is 64.5 Å². The van der Waals surface area contributed by atoms with Crippen LogP contribution in [0.25, 0.3) is 16.6 Å². The molecule has 5 nitrogen and oxygen atoms in total. The number of ether oxygens (including phenoxy) is 1. The Bertz CT molecular complexity index is 986. The van der Waals surface area contributed by atoms with Crippen molar-refractivity contribution in [2.45, 2.75) is 37.1 Å². The lowest BCUT2D eigenvalue weighted by atomic mass is 10.2. The molecule has 3 aromatic rings. The van der Waals surface area contributed by atoms with Crippen LogP contribution in [-0.2, 0) is 9.53 Å². The first kappa shape index (κ1) is 19.2. The van der Waals surface area contributed by atoms with Gasteiger partial charge in [-0.05, 0) is 37.6 Å². The van der Waals surface area contributed by atoms with Gasteiger partial charge < -0.3 is 4.74 Å². The van der Waals surface area contributed by atoms with Crippen molar-refractivity contribution in [2.75, 3.05) is 6.61 Å². The number of carbonyl (C=O) groups is 1. The molecule has 0 saturated carbocycles. The Hall–Kier alpha value is -2.60. The number of fused-ring (bicyclic) bond motifs is 1. The highest BCUT2D eigenvalue weighted by Crippen LogP contribution is 2.28. The van der Waals surface area contributed by atoms with Crippen LogP contribution in [0.4, 0.5) is 0 Å². The molecule has 27 heavy (non-hydrogen) atoms. The van der Waals surface area contributed by atoms with E-state index in [0.717, 1.165) is 12.1 Å². The van der Waals surface area contributed by atoms with E-state index in [1.165, 1.54) is 11.8 Å². The maximum atomic E-state index is 13.2. The van der Waals surface area contributed by atoms with Crippen molar-refractivity contribution in [3.63, 3.8) is 0 Å². The van der Waals surface area contributed by atoms with Gasteiger partial charge in [-0.3, -0.25) is 14.2 Å². The number of aromatic nitrogens is 2. The predicted octanol–water partition coefficient (Wildman–Crippen LogP) is 4.21. The molecule has 0 unspecified atom stereocenters. The Morgan fingerprint density at radius 2 is 1.81 bits per heavy atom. The zero-order valence-electron chi connectivity index (χ0n) is 15.4. The van der Waals surface area contributed by atoms with Crippen LogP contribution >= 0.6 is 11.8 Å². The van der Waals surface area contributed by atoms with Crippen LogP contribution in [0.3, 0.4) is 0 Å². The summed E-state index contributed by atoms with van der Waals surface area (Å²) in [6, 6.07) is 16.6. The summed E-state index contributed by atoms with van der Waals surface area (Å²) in [5.41, 5.74) is 1.20. The molecular formula is C21H22N2O3S. The minimum absolute atomic E-state index is 0.145. The summed E-state index contributed by atoms with van der Waals surface area (Å²) >= 11 is 1.29. The topological polar surface area (TPSA) is 61.2 Å². The van der Waals surface area contributed by atoms with Gasteiger partial charge in [-0.15, -0.1) is 0 Å². The van der Waals surface area contributed by atoms with Gasteiger partial charge in [0.1, 0.15) is 5.25 Å². The first-order valence-corrected chi connectivity index (χ1v) is 9.94. The van der Waals surface area contributed by atoms with E-state index in [-0.39, 0.29) is 11.5 Å². The Morgan fingerprint density at radius 1 is 1.11 bits per heavy atom. The van der Waals surface area contributed by atoms with E-state index in [1.807, 2.05) is 55.5 Å². The van der Waals surface area contributed by atoms with Crippen LogP contribution in [-0.4, -0.2) is 27.4 Å². The second kappa shape index (κ2) is 8.86. The molecule has 0 aliphatic heterocycles. The molecule has 2 aromatic carbocycles. The average molecular weight is 382 g/mol. The lowest BCUT2D eigenvalue weighted by Crippen LogP contribution is -2.25. The van der Waals surface area contributed by atoms with Crippen molar-refractivity contribution < 1.29 is 9.53 Å². The van der Waals surface area contributed by atoms with Gasteiger partial charge in [0.25, 0.3) is 5.56 Å². The van der Waals surface area contributed by atoms with Crippen molar-refractivity contribution in [1.29, 1.82) is 0 Å². The van der Waals surface area contributed by atoms with Crippen molar-refractivity contribution in [1.82, 2.24) is 9.55 Å². The molecule has 0 N–H and O–H groups in total. The van der Waals surface area contributed by atoms with Crippen LogP contribution in [0.5, 0.6) is 0 Å². The summed E-state index contributed by atoms with van der Waals surface area (Å²) in [4.78, 5) is 30.2. The highest BCUT2D eigenvalue weighted by Gasteiger charge is 2.24. The lowest BCUT2D eigenvalue weighted by Gasteiger charge is -2.18. The Morgan fingerprint density at radius 3 is 2.52 bits per heavy atom. The van der Waals surface area contributed by atoms with E-state index >= 15 is 0 Å². The average Bonchev–Trinajstić information content (AvgIpc) is 2.69. The minimum atomic E-state index is -0.405. The number of hydrogen-bond acceptors (Lipinski definition) is 5. The van der Waals surface area contributed by atoms with Crippen LogP contribution in [0, 0.1) is 0 Å². The van der Waals surface area contributed by atoms with Crippen LogP contribution in [0.1, 0.15) is 26.7 Å². The molecule has 0 aliphatic carbocycles. The van der Waals surface area contributed by atoms with Crippen LogP contribution < -0.4 is 5.56 Å². The Balaban J connectivity index is 2.15. The summed E-state index contributed by atoms with van der Waals surface area (Å²) in [6.45, 7) is 4.14. The number of rotatable bonds is 7. The van der Waals surface area contributed by atoms with Crippen LogP contribution in [0.2, 0.25) is 0 Å². The van der Waals surface area contributed by atoms with Gasteiger partial charge in [0.05, 0.1) is 23.2 Å². The maximum absolute atomic E-state index is 13.2. The molecule has 140 valence electrons. The minimum Gasteiger partial charge on any atom is -0.465 e. The predicted molar refractivity (Wildman–Crippen MR) is 109 cm³/mol. The summed E-state index contributed by atoms with van der Waals surface area (Å²) in [5.74, 6) is -0.272. The number of hydrogen-bond donors (Lipinski definition) is 0. The molecule has 0 bridgehead atoms. The van der Waals surface area contributed by atoms with E-state index in [9.17, 15) is 9.59 Å². The number of nitrogens with zero attached hydrogens (tertiary/aromatic N) is 2. The van der Waals surface area contributed by atoms with Gasteiger partial charge >= 0.3 is 5.97 Å². The van der Waals surface area contributed by atoms with Gasteiger partial charge in [0.15, 0.2) is 5.16 Å². The fourth-order valence-electron chi connectivity index (χ4n) is 2.85. The summed E-state index contributed by atoms with van der Waals surface area (Å²) in [7, 11) is 0. The lowest BCUT2D eigenvalue weighted by molar-refractivity contribution is -0.142. The largest absolute Gasteiger partial charge is 0.465 e. The molecule has 1 heterocycles. The van der Waals surface area contributed by atoms with Gasteiger partial charge in [-0.25, -0.2) is 4.98 Å². The first-order valence-electron chi connectivity index (χ1n) is 9.06. The smallest absolute Gasteiger partial charge is 0.319 e. The molecule has 0 aliphatic rings. The van der Waals surface area contributed by atoms with E-state index in [4.69, 9.17) is 9.72 Å². The molecule has 1 atom stereocenters. The molecular weight excluding hydrogens is 360 g/mol. The molecule has 6 heteroatoms. The van der Waals surface area contributed by atoms with Crippen molar-refractivity contribution in [3.05, 3.63) is 65.0 Å². The fraction of sp³-hybridized carbons (Fsp3) is 0.286. The number of para-hydroxylation sites is 2. The molecule has 0 amide bonds. The first-order chi connectivity index (χ1) is 13.2. The second-order valence-corrected chi connectivity index (χ2v) is 7.20. The highest BCUT2D eigenvalue weighted by molar-refractivity contribution is 8.00. The normalized spacial score (nSPS) is 12.1. The quantitative estimate of drug-likeness (QED) is 0.348. The Labute approximate surface area is 162 Å². The van der Waals surface area contributed by atoms with Gasteiger partial charge in [-0.2, -0.15) is 0 Å². The second-order valence-electron chi connectivity index (χ2n) is 6.03. The number of benzene rings is 2. The van der Waals surface area contributed by atoms with Gasteiger partial charge in [0, 0.05) is 0 Å². The molecule has 0 saturated heterocycles. The summed E-state index contributed by atoms with van der Waals surface area (Å²) in [6.07, 6.45) is 1.49. The zero-order valence-corrected chi connectivity index (χ0v) is 16.2. The number of carbonyl (C=O) groups excluding carboxylic acids is 1. The third-order valence-electron chi connectivity index (χ3n) is 4.11. The third-order valence-corrected chi connectivity index (χ3v) is 5.30. The summed E-state index contributed by atoms with van der Waals surface area (Å²) in [5, 5.41) is 0.642. The van der Waals surface area contributed by atoms with Crippen molar-refractivity contribution >= 4 is 28.6 Å². The molecule has 1 aromatic heterocycles. The number of esters is 1. The molecule has 0 radical (unpaired) electrons. The van der Waals surface area contributed by atoms with E-state index in [2.05, 4.69) is 0 Å². The van der Waals surface area contributed by atoms with Gasteiger partial charge in [0.2, 0.25) is 0 Å². The van der Waals surface area contributed by atoms with E-state index in [1.54, 1.807) is 17.6 Å². The number of thioether (sulfide) groups is 1. The van der Waals surface area contributed by atoms with Crippen molar-refractivity contribution in [3.8, 4) is 5.69 Å². The standard InChI is InChI=1S/C21H22N2O3S/c1-3-10-18(20(25)26-4-2)27-21-22-17-14-9-8-13-16(17)19(24)23(21)15-11-6-5-7-12-15/h5-9,11-14,18H,3-4,10H2,1-2H3/t18-/m1/s1. The molecule has 3 rings (SSSR count). The summed E-state index contributed by atoms with van der Waals surface area (Å²) < 4.78 is 6.80. The van der Waals surface area contributed by atoms with Crippen molar-refractivity contribution in [2.24, 2.45) is 0 Å². The SMILES string of the molecule is CCC[C@@H](Sc1nc2ccccc2c(=O)n1-c1ccccc1)C(=O)OCC. The molecule has 0 spiro atoms. The third kappa shape index (κ3) is 4.22. The maximum Gasteiger partial charge on any atom is 0.319 e.